The maximum absolute atomic E-state index is 12.9. The molecular weight excluding hydrogens is 721 g/mol. The van der Waals surface area contributed by atoms with Crippen LogP contribution in [0.2, 0.25) is 0 Å². The van der Waals surface area contributed by atoms with Crippen LogP contribution in [0.5, 0.6) is 0 Å². The Morgan fingerprint density at radius 3 is 1.23 bits per heavy atom. The topological polar surface area (TPSA) is 326 Å². The normalized spacial score (nSPS) is 13.9. The van der Waals surface area contributed by atoms with Crippen LogP contribution in [0.15, 0.2) is 77.9 Å². The van der Waals surface area contributed by atoms with Crippen LogP contribution in [0, 0.1) is 0 Å². The van der Waals surface area contributed by atoms with Crippen LogP contribution in [-0.4, -0.2) is 77.8 Å². The number of fused-ring (bicyclic) bond motifs is 2. The highest BCUT2D eigenvalue weighted by Gasteiger charge is 2.45. The van der Waals surface area contributed by atoms with Gasteiger partial charge in [-0.2, -0.15) is 50.5 Å². The van der Waals surface area contributed by atoms with E-state index in [2.05, 4.69) is 0 Å². The highest BCUT2D eigenvalue weighted by Crippen LogP contribution is 2.49. The summed E-state index contributed by atoms with van der Waals surface area (Å²) < 4.78 is 211. The monoisotopic (exact) mass is 734 g/mol. The van der Waals surface area contributed by atoms with Gasteiger partial charge in [0.15, 0.2) is 0 Å². The molecule has 238 valence electrons. The summed E-state index contributed by atoms with van der Waals surface area (Å²) in [7, 11) is -38.3. The van der Waals surface area contributed by atoms with E-state index in [1.54, 1.807) is 0 Å². The van der Waals surface area contributed by atoms with Crippen molar-refractivity contribution in [3.05, 3.63) is 48.5 Å². The molecule has 0 bridgehead atoms. The van der Waals surface area contributed by atoms with Crippen molar-refractivity contribution in [3.63, 3.8) is 0 Å². The molecule has 4 aromatic carbocycles. The summed E-state index contributed by atoms with van der Waals surface area (Å²) in [5, 5.41) is -4.08. The first-order valence-corrected chi connectivity index (χ1v) is 19.4. The molecule has 0 aliphatic carbocycles. The van der Waals surface area contributed by atoms with Crippen molar-refractivity contribution in [2.75, 3.05) is 0 Å². The second-order valence-corrected chi connectivity index (χ2v) is 16.9. The van der Waals surface area contributed by atoms with Crippen LogP contribution < -0.4 is 0 Å². The van der Waals surface area contributed by atoms with Gasteiger partial charge < -0.3 is 0 Å². The molecule has 0 saturated heterocycles. The molecule has 0 fully saturated rings. The van der Waals surface area contributed by atoms with Gasteiger partial charge in [0.1, 0.15) is 29.4 Å². The lowest BCUT2D eigenvalue weighted by atomic mass is 9.96. The van der Waals surface area contributed by atoms with Crippen molar-refractivity contribution in [1.29, 1.82) is 0 Å². The number of benzene rings is 4. The third-order valence-electron chi connectivity index (χ3n) is 5.96. The fraction of sp³-hybridized carbons (Fsp3) is 0. The first-order valence-electron chi connectivity index (χ1n) is 10.7. The van der Waals surface area contributed by atoms with Crippen molar-refractivity contribution in [2.24, 2.45) is 0 Å². The summed E-state index contributed by atoms with van der Waals surface area (Å²) in [6, 6.07) is 9.28. The number of rotatable bonds is 7. The Balaban J connectivity index is 2.76. The molecular formula is C20H14O18S6. The summed E-state index contributed by atoms with van der Waals surface area (Å²) in [5.74, 6) is 0. The minimum atomic E-state index is -6.57. The van der Waals surface area contributed by atoms with E-state index in [9.17, 15) is 77.8 Å². The van der Waals surface area contributed by atoms with Gasteiger partial charge in [0.05, 0.1) is 0 Å². The lowest BCUT2D eigenvalue weighted by molar-refractivity contribution is 0.448. The molecule has 0 atom stereocenters. The lowest BCUT2D eigenvalue weighted by Crippen LogP contribution is -2.21. The quantitative estimate of drug-likeness (QED) is 0.145. The molecule has 0 aromatic heterocycles. The molecule has 24 heteroatoms. The van der Waals surface area contributed by atoms with Crippen LogP contribution in [-0.2, 0) is 60.7 Å². The van der Waals surface area contributed by atoms with E-state index in [1.165, 1.54) is 36.4 Å². The smallest absolute Gasteiger partial charge is 0.282 e. The lowest BCUT2D eigenvalue weighted by Gasteiger charge is -2.22. The zero-order valence-corrected chi connectivity index (χ0v) is 25.5. The van der Waals surface area contributed by atoms with Gasteiger partial charge in [-0.3, -0.25) is 27.3 Å². The zero-order valence-electron chi connectivity index (χ0n) is 20.7. The van der Waals surface area contributed by atoms with Crippen molar-refractivity contribution in [2.45, 2.75) is 29.4 Å². The first kappa shape index (κ1) is 33.7. The van der Waals surface area contributed by atoms with Crippen LogP contribution in [0.25, 0.3) is 32.7 Å². The molecule has 0 spiro atoms. The minimum absolute atomic E-state index is 0.00601. The minimum Gasteiger partial charge on any atom is -0.282 e. The van der Waals surface area contributed by atoms with E-state index in [-0.39, 0.29) is 16.8 Å². The molecule has 0 unspecified atom stereocenters. The fourth-order valence-electron chi connectivity index (χ4n) is 4.61. The molecule has 6 N–H and O–H groups in total. The fourth-order valence-corrected chi connectivity index (χ4v) is 11.3. The van der Waals surface area contributed by atoms with Gasteiger partial charge in [0, 0.05) is 16.3 Å². The summed E-state index contributed by atoms with van der Waals surface area (Å²) in [6.45, 7) is 0. The van der Waals surface area contributed by atoms with E-state index in [1.807, 2.05) is 0 Å². The Morgan fingerprint density at radius 2 is 0.795 bits per heavy atom. The van der Waals surface area contributed by atoms with E-state index >= 15 is 0 Å². The Morgan fingerprint density at radius 1 is 0.386 bits per heavy atom. The maximum Gasteiger partial charge on any atom is 0.297 e. The van der Waals surface area contributed by atoms with Crippen LogP contribution in [0.1, 0.15) is 0 Å². The standard InChI is InChI=1S/C20H14O18S6/c21-39(22,23)13-8-12(11-7-3-5-9-4-1-2-6-10(9)11)16(40(24,25)26)15-14(13)17(41(27,28)29)19(43(33,34)35)20(44(36,37)38)18(15)42(30,31)32/h1-8H,(H,21,22,23)(H,24,25,26)(H,27,28,29)(H,30,31,32)(H,33,34,35)(H,36,37,38). The molecule has 0 amide bonds. The van der Waals surface area contributed by atoms with Crippen molar-refractivity contribution in [3.8, 4) is 11.1 Å². The molecule has 0 heterocycles. The molecule has 44 heavy (non-hydrogen) atoms. The van der Waals surface area contributed by atoms with E-state index in [0.717, 1.165) is 6.07 Å². The highest BCUT2D eigenvalue weighted by atomic mass is 32.2. The maximum atomic E-state index is 12.9. The predicted octanol–water partition coefficient (Wildman–Crippen LogP) is 1.14. The van der Waals surface area contributed by atoms with Gasteiger partial charge in [-0.1, -0.05) is 42.5 Å². The average molecular weight is 735 g/mol. The van der Waals surface area contributed by atoms with E-state index < -0.39 is 112 Å². The van der Waals surface area contributed by atoms with Crippen molar-refractivity contribution >= 4 is 82.3 Å². The van der Waals surface area contributed by atoms with Gasteiger partial charge in [-0.25, -0.2) is 0 Å². The average Bonchev–Trinajstić information content (AvgIpc) is 2.82. The van der Waals surface area contributed by atoms with E-state index in [4.69, 9.17) is 0 Å². The predicted molar refractivity (Wildman–Crippen MR) is 146 cm³/mol. The molecule has 0 saturated carbocycles. The zero-order chi connectivity index (χ0) is 33.6. The summed E-state index contributed by atoms with van der Waals surface area (Å²) in [6.07, 6.45) is 0. The Labute approximate surface area is 248 Å². The summed E-state index contributed by atoms with van der Waals surface area (Å²) >= 11 is 0. The SMILES string of the molecule is O=S(=O)(O)c1c(S(=O)(=O)O)c(S(=O)(=O)O)c2c(S(=O)(=O)O)c(-c3cccc4ccccc34)cc(S(=O)(=O)O)c2c1S(=O)(=O)O. The van der Waals surface area contributed by atoms with Crippen LogP contribution >= 0.6 is 0 Å². The first-order chi connectivity index (χ1) is 19.7. The Bertz CT molecular complexity index is 2620. The third kappa shape index (κ3) is 5.82. The summed E-state index contributed by atoms with van der Waals surface area (Å²) in [5.41, 5.74) is -1.57. The second kappa shape index (κ2) is 10.2. The number of hydrogen-bond donors (Lipinski definition) is 6. The Kier molecular flexibility index (Phi) is 7.81. The molecule has 4 aromatic rings. The highest BCUT2D eigenvalue weighted by molar-refractivity contribution is 7.92. The van der Waals surface area contributed by atoms with Crippen LogP contribution in [0.4, 0.5) is 0 Å². The molecule has 18 nitrogen and oxygen atoms in total. The van der Waals surface area contributed by atoms with Gasteiger partial charge in [0.2, 0.25) is 0 Å². The van der Waals surface area contributed by atoms with E-state index in [0.29, 0.717) is 0 Å². The van der Waals surface area contributed by atoms with Gasteiger partial charge in [-0.05, 0) is 22.4 Å². The van der Waals surface area contributed by atoms with Crippen molar-refractivity contribution < 1.29 is 77.8 Å². The second-order valence-electron chi connectivity index (χ2n) is 8.69. The molecule has 4 rings (SSSR count). The number of hydrogen-bond acceptors (Lipinski definition) is 12. The third-order valence-corrected chi connectivity index (χ3v) is 11.9. The largest absolute Gasteiger partial charge is 0.297 e. The van der Waals surface area contributed by atoms with Gasteiger partial charge >= 0.3 is 0 Å². The molecule has 0 aliphatic heterocycles. The molecule has 0 aliphatic rings. The van der Waals surface area contributed by atoms with Gasteiger partial charge in [-0.15, -0.1) is 0 Å². The van der Waals surface area contributed by atoms with Gasteiger partial charge in [0.25, 0.3) is 60.7 Å². The summed E-state index contributed by atoms with van der Waals surface area (Å²) in [4.78, 5) is -14.7. The Hall–Kier alpha value is -3.14. The van der Waals surface area contributed by atoms with Crippen molar-refractivity contribution in [1.82, 2.24) is 0 Å². The van der Waals surface area contributed by atoms with Crippen LogP contribution in [0.3, 0.4) is 0 Å². The molecule has 0 radical (unpaired) electrons.